The second-order valence-corrected chi connectivity index (χ2v) is 4.32. The van der Waals surface area contributed by atoms with E-state index in [9.17, 15) is 9.59 Å². The number of hydrogen-bond donors (Lipinski definition) is 1. The molecule has 0 bridgehead atoms. The first kappa shape index (κ1) is 12.2. The minimum atomic E-state index is -1.19. The van der Waals surface area contributed by atoms with Crippen molar-refractivity contribution in [2.24, 2.45) is 0 Å². The number of aromatic carboxylic acids is 1. The molecule has 1 aromatic heterocycles. The third-order valence-corrected chi connectivity index (χ3v) is 3.07. The number of rotatable bonds is 3. The molecule has 1 heterocycles. The van der Waals surface area contributed by atoms with E-state index < -0.39 is 5.97 Å². The number of carboxylic acid groups (broad SMARTS) is 1. The van der Waals surface area contributed by atoms with E-state index in [1.54, 1.807) is 12.1 Å². The van der Waals surface area contributed by atoms with Crippen LogP contribution in [0.25, 0.3) is 10.8 Å². The van der Waals surface area contributed by atoms with E-state index in [-0.39, 0.29) is 17.3 Å². The summed E-state index contributed by atoms with van der Waals surface area (Å²) < 4.78 is 5.06. The Kier molecular flexibility index (Phi) is 2.84. The summed E-state index contributed by atoms with van der Waals surface area (Å²) in [5.41, 5.74) is 0.495. The van der Waals surface area contributed by atoms with E-state index >= 15 is 0 Å². The van der Waals surface area contributed by atoms with Crippen LogP contribution in [0.3, 0.4) is 0 Å². The molecule has 0 amide bonds. The Bertz CT molecular complexity index is 809. The number of carbonyl (C=O) groups is 2. The summed E-state index contributed by atoms with van der Waals surface area (Å²) in [6, 6.07) is 15.6. The Balaban J connectivity index is 2.10. The van der Waals surface area contributed by atoms with Gasteiger partial charge in [0.2, 0.25) is 11.5 Å². The van der Waals surface area contributed by atoms with Gasteiger partial charge in [0, 0.05) is 5.56 Å². The number of carboxylic acids is 1. The quantitative estimate of drug-likeness (QED) is 0.738. The van der Waals surface area contributed by atoms with E-state index in [4.69, 9.17) is 9.52 Å². The third-order valence-electron chi connectivity index (χ3n) is 3.07. The van der Waals surface area contributed by atoms with Crippen LogP contribution < -0.4 is 0 Å². The average molecular weight is 266 g/mol. The first-order chi connectivity index (χ1) is 9.66. The van der Waals surface area contributed by atoms with E-state index in [1.165, 1.54) is 12.1 Å². The van der Waals surface area contributed by atoms with Gasteiger partial charge in [-0.25, -0.2) is 4.79 Å². The molecule has 0 fully saturated rings. The number of carbonyl (C=O) groups excluding carboxylic acids is 1. The van der Waals surface area contributed by atoms with E-state index in [0.29, 0.717) is 5.56 Å². The minimum absolute atomic E-state index is 0.0266. The van der Waals surface area contributed by atoms with Gasteiger partial charge < -0.3 is 9.52 Å². The predicted octanol–water partition coefficient (Wildman–Crippen LogP) is 3.36. The molecular weight excluding hydrogens is 256 g/mol. The van der Waals surface area contributed by atoms with Gasteiger partial charge in [0.05, 0.1) is 0 Å². The fourth-order valence-electron chi connectivity index (χ4n) is 2.13. The Morgan fingerprint density at radius 3 is 2.30 bits per heavy atom. The number of fused-ring (bicyclic) bond motifs is 1. The molecule has 4 nitrogen and oxygen atoms in total. The van der Waals surface area contributed by atoms with Gasteiger partial charge in [-0.05, 0) is 22.9 Å². The second-order valence-electron chi connectivity index (χ2n) is 4.32. The van der Waals surface area contributed by atoms with Crippen LogP contribution in [0.1, 0.15) is 26.7 Å². The van der Waals surface area contributed by atoms with Crippen molar-refractivity contribution in [3.05, 3.63) is 71.7 Å². The van der Waals surface area contributed by atoms with Gasteiger partial charge in [-0.1, -0.05) is 42.5 Å². The van der Waals surface area contributed by atoms with Crippen molar-refractivity contribution in [2.75, 3.05) is 0 Å². The Hall–Kier alpha value is -2.88. The van der Waals surface area contributed by atoms with Crippen LogP contribution in [-0.2, 0) is 0 Å². The van der Waals surface area contributed by atoms with Crippen LogP contribution in [0.5, 0.6) is 0 Å². The van der Waals surface area contributed by atoms with Gasteiger partial charge in [0.25, 0.3) is 0 Å². The smallest absolute Gasteiger partial charge is 0.371 e. The highest BCUT2D eigenvalue weighted by atomic mass is 16.4. The predicted molar refractivity (Wildman–Crippen MR) is 73.0 cm³/mol. The van der Waals surface area contributed by atoms with Gasteiger partial charge in [0.15, 0.2) is 5.76 Å². The Morgan fingerprint density at radius 2 is 1.55 bits per heavy atom. The van der Waals surface area contributed by atoms with Crippen molar-refractivity contribution in [3.63, 3.8) is 0 Å². The van der Waals surface area contributed by atoms with Crippen LogP contribution in [0.2, 0.25) is 0 Å². The molecule has 0 aliphatic heterocycles. The summed E-state index contributed by atoms with van der Waals surface area (Å²) in [4.78, 5) is 23.2. The number of benzene rings is 2. The molecule has 0 saturated carbocycles. The monoisotopic (exact) mass is 266 g/mol. The van der Waals surface area contributed by atoms with Crippen molar-refractivity contribution in [1.29, 1.82) is 0 Å². The van der Waals surface area contributed by atoms with Crippen LogP contribution in [0.15, 0.2) is 59.0 Å². The first-order valence-corrected chi connectivity index (χ1v) is 6.02. The summed E-state index contributed by atoms with van der Waals surface area (Å²) in [7, 11) is 0. The molecule has 1 N–H and O–H groups in total. The van der Waals surface area contributed by atoms with E-state index in [2.05, 4.69) is 0 Å². The lowest BCUT2D eigenvalue weighted by Gasteiger charge is -2.03. The maximum absolute atomic E-state index is 12.4. The zero-order chi connectivity index (χ0) is 14.1. The van der Waals surface area contributed by atoms with Crippen molar-refractivity contribution in [3.8, 4) is 0 Å². The summed E-state index contributed by atoms with van der Waals surface area (Å²) >= 11 is 0. The molecule has 0 saturated heterocycles. The molecule has 3 rings (SSSR count). The lowest BCUT2D eigenvalue weighted by Crippen LogP contribution is -2.01. The molecule has 4 heteroatoms. The molecule has 2 aromatic carbocycles. The van der Waals surface area contributed by atoms with Crippen molar-refractivity contribution >= 4 is 22.5 Å². The number of ketones is 1. The van der Waals surface area contributed by atoms with Gasteiger partial charge in [0.1, 0.15) is 0 Å². The lowest BCUT2D eigenvalue weighted by atomic mass is 10.0. The fourth-order valence-corrected chi connectivity index (χ4v) is 2.13. The molecule has 98 valence electrons. The molecule has 0 aliphatic carbocycles. The SMILES string of the molecule is O=C(O)c1ccc(C(=O)c2cccc3ccccc23)o1. The molecule has 0 spiro atoms. The van der Waals surface area contributed by atoms with Crippen LogP contribution in [-0.4, -0.2) is 16.9 Å². The third kappa shape index (κ3) is 1.97. The van der Waals surface area contributed by atoms with Gasteiger partial charge in [-0.2, -0.15) is 0 Å². The molecule has 0 unspecified atom stereocenters. The minimum Gasteiger partial charge on any atom is -0.475 e. The van der Waals surface area contributed by atoms with Gasteiger partial charge >= 0.3 is 5.97 Å². The maximum Gasteiger partial charge on any atom is 0.371 e. The van der Waals surface area contributed by atoms with E-state index in [0.717, 1.165) is 10.8 Å². The summed E-state index contributed by atoms with van der Waals surface area (Å²) in [5.74, 6) is -1.73. The van der Waals surface area contributed by atoms with Crippen LogP contribution in [0, 0.1) is 0 Å². The Labute approximate surface area is 114 Å². The molecule has 0 radical (unpaired) electrons. The van der Waals surface area contributed by atoms with Crippen molar-refractivity contribution in [1.82, 2.24) is 0 Å². The van der Waals surface area contributed by atoms with Gasteiger partial charge in [-0.3, -0.25) is 4.79 Å². The standard InChI is InChI=1S/C16H10O4/c17-15(13-8-9-14(20-13)16(18)19)12-7-3-5-10-4-1-2-6-11(10)12/h1-9H,(H,18,19). The normalized spacial score (nSPS) is 10.6. The molecule has 20 heavy (non-hydrogen) atoms. The molecule has 0 atom stereocenters. The molecular formula is C16H10O4. The maximum atomic E-state index is 12.4. The largest absolute Gasteiger partial charge is 0.475 e. The highest BCUT2D eigenvalue weighted by molar-refractivity contribution is 6.15. The first-order valence-electron chi connectivity index (χ1n) is 6.02. The summed E-state index contributed by atoms with van der Waals surface area (Å²) in [6.45, 7) is 0. The zero-order valence-corrected chi connectivity index (χ0v) is 10.4. The van der Waals surface area contributed by atoms with Crippen LogP contribution in [0.4, 0.5) is 0 Å². The summed E-state index contributed by atoms with van der Waals surface area (Å²) in [5, 5.41) is 10.6. The highest BCUT2D eigenvalue weighted by Crippen LogP contribution is 2.22. The topological polar surface area (TPSA) is 67.5 Å². The Morgan fingerprint density at radius 1 is 0.850 bits per heavy atom. The fraction of sp³-hybridized carbons (Fsp3) is 0. The molecule has 0 aliphatic rings. The van der Waals surface area contributed by atoms with Gasteiger partial charge in [-0.15, -0.1) is 0 Å². The lowest BCUT2D eigenvalue weighted by molar-refractivity contribution is 0.0660. The zero-order valence-electron chi connectivity index (χ0n) is 10.4. The second kappa shape index (κ2) is 4.66. The number of hydrogen-bond acceptors (Lipinski definition) is 3. The van der Waals surface area contributed by atoms with Crippen molar-refractivity contribution in [2.45, 2.75) is 0 Å². The van der Waals surface area contributed by atoms with E-state index in [1.807, 2.05) is 30.3 Å². The highest BCUT2D eigenvalue weighted by Gasteiger charge is 2.18. The average Bonchev–Trinajstić information content (AvgIpc) is 2.96. The van der Waals surface area contributed by atoms with Crippen LogP contribution >= 0.6 is 0 Å². The molecule has 3 aromatic rings. The van der Waals surface area contributed by atoms with Crippen molar-refractivity contribution < 1.29 is 19.1 Å². The summed E-state index contributed by atoms with van der Waals surface area (Å²) in [6.07, 6.45) is 0. The number of furan rings is 1.